The number of nitrogens with zero attached hydrogens (tertiary/aromatic N) is 2. The Morgan fingerprint density at radius 1 is 1.30 bits per heavy atom. The summed E-state index contributed by atoms with van der Waals surface area (Å²) in [5, 5.41) is 6.12. The molecule has 0 atom stereocenters. The van der Waals surface area contributed by atoms with Crippen molar-refractivity contribution >= 4 is 17.5 Å². The molecule has 7 nitrogen and oxygen atoms in total. The molecule has 0 bridgehead atoms. The predicted octanol–water partition coefficient (Wildman–Crippen LogP) is 0.571. The van der Waals surface area contributed by atoms with Crippen molar-refractivity contribution in [1.29, 1.82) is 0 Å². The molecule has 0 unspecified atom stereocenters. The van der Waals surface area contributed by atoms with Crippen molar-refractivity contribution in [2.75, 3.05) is 23.8 Å². The fourth-order valence-electron chi connectivity index (χ4n) is 1.89. The molecule has 1 fully saturated rings. The van der Waals surface area contributed by atoms with Crippen LogP contribution in [0.3, 0.4) is 0 Å². The summed E-state index contributed by atoms with van der Waals surface area (Å²) in [7, 11) is 0. The first kappa shape index (κ1) is 14.5. The lowest BCUT2D eigenvalue weighted by Crippen LogP contribution is -2.30. The molecule has 20 heavy (non-hydrogen) atoms. The highest BCUT2D eigenvalue weighted by Crippen LogP contribution is 2.28. The number of nitrogens with two attached hydrogens (primary N) is 1. The van der Waals surface area contributed by atoms with Gasteiger partial charge in [-0.05, 0) is 19.8 Å². The standard InChI is InChI=1S/C13H22N6O/c1-3-10-17-11(8(2)12(18-10)19-14)15-6-7-16-13(20)9-4-5-9/h9H,3-7,14H2,1-2H3,(H,16,20)(H2,15,17,18,19). The van der Waals surface area contributed by atoms with Gasteiger partial charge in [0.2, 0.25) is 5.91 Å². The van der Waals surface area contributed by atoms with Crippen molar-refractivity contribution < 1.29 is 4.79 Å². The van der Waals surface area contributed by atoms with Gasteiger partial charge in [0.15, 0.2) is 0 Å². The maximum Gasteiger partial charge on any atom is 0.223 e. The summed E-state index contributed by atoms with van der Waals surface area (Å²) in [6.45, 7) is 5.11. The number of aryl methyl sites for hydroxylation is 1. The van der Waals surface area contributed by atoms with E-state index in [-0.39, 0.29) is 11.8 Å². The largest absolute Gasteiger partial charge is 0.368 e. The van der Waals surface area contributed by atoms with Gasteiger partial charge in [0.05, 0.1) is 0 Å². The number of hydrogen-bond donors (Lipinski definition) is 4. The summed E-state index contributed by atoms with van der Waals surface area (Å²) in [5.74, 6) is 7.97. The Labute approximate surface area is 118 Å². The number of carbonyl (C=O) groups excluding carboxylic acids is 1. The van der Waals surface area contributed by atoms with E-state index in [4.69, 9.17) is 5.84 Å². The number of rotatable bonds is 7. The minimum Gasteiger partial charge on any atom is -0.368 e. The minimum atomic E-state index is 0.157. The summed E-state index contributed by atoms with van der Waals surface area (Å²) in [5.41, 5.74) is 3.45. The van der Waals surface area contributed by atoms with Crippen molar-refractivity contribution in [3.63, 3.8) is 0 Å². The van der Waals surface area contributed by atoms with E-state index in [1.54, 1.807) is 0 Å². The van der Waals surface area contributed by atoms with Crippen molar-refractivity contribution in [2.24, 2.45) is 11.8 Å². The summed E-state index contributed by atoms with van der Waals surface area (Å²) in [4.78, 5) is 20.2. The summed E-state index contributed by atoms with van der Waals surface area (Å²) in [6, 6.07) is 0. The third-order valence-corrected chi connectivity index (χ3v) is 3.31. The molecule has 1 saturated carbocycles. The molecule has 1 aliphatic carbocycles. The highest BCUT2D eigenvalue weighted by molar-refractivity contribution is 5.80. The molecule has 0 spiro atoms. The highest BCUT2D eigenvalue weighted by Gasteiger charge is 2.28. The van der Waals surface area contributed by atoms with Gasteiger partial charge in [0, 0.05) is 31.0 Å². The van der Waals surface area contributed by atoms with Crippen LogP contribution in [0.5, 0.6) is 0 Å². The smallest absolute Gasteiger partial charge is 0.223 e. The molecule has 0 aliphatic heterocycles. The van der Waals surface area contributed by atoms with E-state index in [9.17, 15) is 4.79 Å². The maximum atomic E-state index is 11.5. The van der Waals surface area contributed by atoms with Crippen LogP contribution < -0.4 is 21.9 Å². The first-order valence-electron chi connectivity index (χ1n) is 7.01. The molecule has 1 heterocycles. The third-order valence-electron chi connectivity index (χ3n) is 3.31. The van der Waals surface area contributed by atoms with E-state index >= 15 is 0 Å². The van der Waals surface area contributed by atoms with Gasteiger partial charge < -0.3 is 16.1 Å². The Bertz CT molecular complexity index is 486. The number of hydrogen-bond acceptors (Lipinski definition) is 6. The minimum absolute atomic E-state index is 0.157. The molecule has 1 aromatic rings. The average molecular weight is 278 g/mol. The molecule has 110 valence electrons. The number of anilines is 2. The van der Waals surface area contributed by atoms with Crippen LogP contribution in [-0.4, -0.2) is 29.0 Å². The first-order valence-corrected chi connectivity index (χ1v) is 7.01. The van der Waals surface area contributed by atoms with Gasteiger partial charge in [-0.15, -0.1) is 0 Å². The van der Waals surface area contributed by atoms with Crippen molar-refractivity contribution in [2.45, 2.75) is 33.1 Å². The number of hydrazine groups is 1. The van der Waals surface area contributed by atoms with Crippen molar-refractivity contribution in [3.05, 3.63) is 11.4 Å². The SMILES string of the molecule is CCc1nc(NN)c(C)c(NCCNC(=O)C2CC2)n1. The second kappa shape index (κ2) is 6.51. The third kappa shape index (κ3) is 3.57. The lowest BCUT2D eigenvalue weighted by atomic mass is 10.3. The van der Waals surface area contributed by atoms with Crippen molar-refractivity contribution in [1.82, 2.24) is 15.3 Å². The molecule has 7 heteroatoms. The molecule has 5 N–H and O–H groups in total. The summed E-state index contributed by atoms with van der Waals surface area (Å²) >= 11 is 0. The molecular formula is C13H22N6O. The van der Waals surface area contributed by atoms with Crippen LogP contribution in [0.2, 0.25) is 0 Å². The van der Waals surface area contributed by atoms with Gasteiger partial charge in [0.25, 0.3) is 0 Å². The van der Waals surface area contributed by atoms with E-state index in [0.717, 1.165) is 36.5 Å². The second-order valence-corrected chi connectivity index (χ2v) is 4.95. The molecule has 0 saturated heterocycles. The van der Waals surface area contributed by atoms with Gasteiger partial charge in [-0.1, -0.05) is 6.92 Å². The quantitative estimate of drug-likeness (QED) is 0.330. The van der Waals surface area contributed by atoms with Gasteiger partial charge in [-0.2, -0.15) is 0 Å². The van der Waals surface area contributed by atoms with Gasteiger partial charge in [0.1, 0.15) is 17.5 Å². The monoisotopic (exact) mass is 278 g/mol. The van der Waals surface area contributed by atoms with E-state index in [0.29, 0.717) is 18.9 Å². The van der Waals surface area contributed by atoms with E-state index in [2.05, 4.69) is 26.0 Å². The lowest BCUT2D eigenvalue weighted by molar-refractivity contribution is -0.122. The van der Waals surface area contributed by atoms with Crippen LogP contribution in [0.15, 0.2) is 0 Å². The molecule has 0 radical (unpaired) electrons. The van der Waals surface area contributed by atoms with Gasteiger partial charge in [-0.25, -0.2) is 15.8 Å². The zero-order chi connectivity index (χ0) is 14.5. The van der Waals surface area contributed by atoms with E-state index in [1.807, 2.05) is 13.8 Å². The number of amides is 1. The topological polar surface area (TPSA) is 105 Å². The maximum absolute atomic E-state index is 11.5. The van der Waals surface area contributed by atoms with Crippen LogP contribution in [-0.2, 0) is 11.2 Å². The number of nitrogen functional groups attached to an aromatic ring is 1. The molecule has 1 aliphatic rings. The molecule has 0 aromatic carbocycles. The van der Waals surface area contributed by atoms with Gasteiger partial charge >= 0.3 is 0 Å². The molecule has 2 rings (SSSR count). The summed E-state index contributed by atoms with van der Waals surface area (Å²) < 4.78 is 0. The van der Waals surface area contributed by atoms with Crippen LogP contribution in [0, 0.1) is 12.8 Å². The van der Waals surface area contributed by atoms with Crippen LogP contribution in [0.1, 0.15) is 31.2 Å². The Morgan fingerprint density at radius 2 is 2.00 bits per heavy atom. The van der Waals surface area contributed by atoms with Crippen LogP contribution in [0.4, 0.5) is 11.6 Å². The Hall–Kier alpha value is -1.89. The zero-order valence-electron chi connectivity index (χ0n) is 12.0. The van der Waals surface area contributed by atoms with Crippen LogP contribution in [0.25, 0.3) is 0 Å². The Kier molecular flexibility index (Phi) is 4.73. The Morgan fingerprint density at radius 3 is 2.60 bits per heavy atom. The van der Waals surface area contributed by atoms with Gasteiger partial charge in [-0.3, -0.25) is 4.79 Å². The fraction of sp³-hybridized carbons (Fsp3) is 0.615. The second-order valence-electron chi connectivity index (χ2n) is 4.95. The normalized spacial score (nSPS) is 13.9. The average Bonchev–Trinajstić information content (AvgIpc) is 3.29. The first-order chi connectivity index (χ1) is 9.65. The number of carbonyl (C=O) groups is 1. The van der Waals surface area contributed by atoms with E-state index in [1.165, 1.54) is 0 Å². The number of aromatic nitrogens is 2. The van der Waals surface area contributed by atoms with Crippen LogP contribution >= 0.6 is 0 Å². The van der Waals surface area contributed by atoms with Crippen molar-refractivity contribution in [3.8, 4) is 0 Å². The molecule has 1 aromatic heterocycles. The predicted molar refractivity (Wildman–Crippen MR) is 78.2 cm³/mol. The fourth-order valence-corrected chi connectivity index (χ4v) is 1.89. The number of nitrogens with one attached hydrogen (secondary N) is 3. The summed E-state index contributed by atoms with van der Waals surface area (Å²) in [6.07, 6.45) is 2.79. The van der Waals surface area contributed by atoms with E-state index < -0.39 is 0 Å². The lowest BCUT2D eigenvalue weighted by Gasteiger charge is -2.13. The molecule has 1 amide bonds. The highest BCUT2D eigenvalue weighted by atomic mass is 16.2. The Balaban J connectivity index is 1.89. The zero-order valence-corrected chi connectivity index (χ0v) is 12.0. The molecular weight excluding hydrogens is 256 g/mol.